The standard InChI is InChI=1S/C15H17N5/c1-10-5-12-13(8-17-10)14(16)3-4-15(12)18-6-11-7-19-20(2)9-11/h3-5,7-9,18H,6,16H2,1-2H3. The van der Waals surface area contributed by atoms with Crippen molar-refractivity contribution in [2.75, 3.05) is 11.1 Å². The summed E-state index contributed by atoms with van der Waals surface area (Å²) in [6, 6.07) is 5.97. The van der Waals surface area contributed by atoms with Gasteiger partial charge in [0.05, 0.1) is 6.20 Å². The average molecular weight is 267 g/mol. The van der Waals surface area contributed by atoms with Crippen molar-refractivity contribution in [1.82, 2.24) is 14.8 Å². The Morgan fingerprint density at radius 2 is 2.10 bits per heavy atom. The van der Waals surface area contributed by atoms with E-state index in [1.165, 1.54) is 0 Å². The number of fused-ring (bicyclic) bond motifs is 1. The SMILES string of the molecule is Cc1cc2c(NCc3cnn(C)c3)ccc(N)c2cn1. The summed E-state index contributed by atoms with van der Waals surface area (Å²) in [6.45, 7) is 2.71. The van der Waals surface area contributed by atoms with Crippen LogP contribution in [-0.2, 0) is 13.6 Å². The van der Waals surface area contributed by atoms with E-state index in [0.29, 0.717) is 0 Å². The molecule has 0 aliphatic heterocycles. The highest BCUT2D eigenvalue weighted by atomic mass is 15.2. The lowest BCUT2D eigenvalue weighted by atomic mass is 10.1. The van der Waals surface area contributed by atoms with Gasteiger partial charge in [-0.2, -0.15) is 5.10 Å². The van der Waals surface area contributed by atoms with Crippen molar-refractivity contribution in [3.05, 3.63) is 48.0 Å². The van der Waals surface area contributed by atoms with Crippen LogP contribution in [0.15, 0.2) is 36.8 Å². The molecule has 0 unspecified atom stereocenters. The maximum Gasteiger partial charge on any atom is 0.0539 e. The third-order valence-electron chi connectivity index (χ3n) is 3.31. The Labute approximate surface area is 117 Å². The zero-order valence-electron chi connectivity index (χ0n) is 11.6. The lowest BCUT2D eigenvalue weighted by molar-refractivity contribution is 0.767. The van der Waals surface area contributed by atoms with Crippen LogP contribution in [0.4, 0.5) is 11.4 Å². The van der Waals surface area contributed by atoms with Crippen LogP contribution in [0.25, 0.3) is 10.8 Å². The van der Waals surface area contributed by atoms with Crippen LogP contribution in [0.1, 0.15) is 11.3 Å². The van der Waals surface area contributed by atoms with E-state index in [2.05, 4.69) is 21.5 Å². The first-order valence-corrected chi connectivity index (χ1v) is 6.50. The van der Waals surface area contributed by atoms with Crippen LogP contribution in [-0.4, -0.2) is 14.8 Å². The van der Waals surface area contributed by atoms with Gasteiger partial charge in [0.2, 0.25) is 0 Å². The summed E-state index contributed by atoms with van der Waals surface area (Å²) in [7, 11) is 1.91. The first-order valence-electron chi connectivity index (χ1n) is 6.50. The molecule has 2 heterocycles. The number of hydrogen-bond acceptors (Lipinski definition) is 4. The van der Waals surface area contributed by atoms with E-state index in [1.807, 2.05) is 44.7 Å². The Morgan fingerprint density at radius 1 is 1.25 bits per heavy atom. The van der Waals surface area contributed by atoms with E-state index in [4.69, 9.17) is 5.73 Å². The average Bonchev–Trinajstić information content (AvgIpc) is 2.84. The van der Waals surface area contributed by atoms with Crippen molar-refractivity contribution in [3.8, 4) is 0 Å². The zero-order chi connectivity index (χ0) is 14.1. The monoisotopic (exact) mass is 267 g/mol. The van der Waals surface area contributed by atoms with Crippen LogP contribution in [0.5, 0.6) is 0 Å². The van der Waals surface area contributed by atoms with E-state index in [1.54, 1.807) is 4.68 Å². The van der Waals surface area contributed by atoms with Crippen molar-refractivity contribution in [1.29, 1.82) is 0 Å². The summed E-state index contributed by atoms with van der Waals surface area (Å²) >= 11 is 0. The minimum absolute atomic E-state index is 0.730. The Balaban J connectivity index is 1.95. The largest absolute Gasteiger partial charge is 0.398 e. The third kappa shape index (κ3) is 2.30. The molecule has 0 atom stereocenters. The molecule has 0 saturated heterocycles. The van der Waals surface area contributed by atoms with Gasteiger partial charge in [-0.1, -0.05) is 0 Å². The molecule has 0 bridgehead atoms. The second-order valence-corrected chi connectivity index (χ2v) is 4.95. The predicted octanol–water partition coefficient (Wildman–Crippen LogP) is 2.47. The maximum absolute atomic E-state index is 6.00. The highest BCUT2D eigenvalue weighted by molar-refractivity contribution is 6.00. The van der Waals surface area contributed by atoms with Crippen LogP contribution >= 0.6 is 0 Å². The van der Waals surface area contributed by atoms with Crippen molar-refractivity contribution in [2.24, 2.45) is 7.05 Å². The molecule has 0 aliphatic rings. The van der Waals surface area contributed by atoms with Gasteiger partial charge < -0.3 is 11.1 Å². The molecule has 2 aromatic heterocycles. The summed E-state index contributed by atoms with van der Waals surface area (Å²) in [5.74, 6) is 0. The number of nitrogens with one attached hydrogen (secondary N) is 1. The lowest BCUT2D eigenvalue weighted by Gasteiger charge is -2.11. The number of aromatic nitrogens is 3. The molecule has 3 N–H and O–H groups in total. The first-order chi connectivity index (χ1) is 9.63. The summed E-state index contributed by atoms with van der Waals surface area (Å²) in [5, 5.41) is 9.68. The van der Waals surface area contributed by atoms with Crippen molar-refractivity contribution in [2.45, 2.75) is 13.5 Å². The van der Waals surface area contributed by atoms with Crippen LogP contribution in [0.2, 0.25) is 0 Å². The number of nitrogens with two attached hydrogens (primary N) is 1. The quantitative estimate of drug-likeness (QED) is 0.715. The van der Waals surface area contributed by atoms with E-state index in [9.17, 15) is 0 Å². The molecule has 3 aromatic rings. The van der Waals surface area contributed by atoms with E-state index in [0.717, 1.165) is 39.9 Å². The third-order valence-corrected chi connectivity index (χ3v) is 3.31. The molecule has 3 rings (SSSR count). The Bertz CT molecular complexity index is 760. The van der Waals surface area contributed by atoms with Crippen LogP contribution in [0, 0.1) is 6.92 Å². The number of aryl methyl sites for hydroxylation is 2. The molecule has 102 valence electrons. The van der Waals surface area contributed by atoms with Crippen LogP contribution < -0.4 is 11.1 Å². The fraction of sp³-hybridized carbons (Fsp3) is 0.200. The van der Waals surface area contributed by atoms with Crippen LogP contribution in [0.3, 0.4) is 0 Å². The smallest absolute Gasteiger partial charge is 0.0539 e. The molecular formula is C15H17N5. The molecule has 0 radical (unpaired) electrons. The van der Waals surface area contributed by atoms with Gasteiger partial charge in [0.1, 0.15) is 0 Å². The molecule has 0 spiro atoms. The van der Waals surface area contributed by atoms with E-state index in [-0.39, 0.29) is 0 Å². The number of nitrogen functional groups attached to an aromatic ring is 1. The molecule has 0 aliphatic carbocycles. The summed E-state index contributed by atoms with van der Waals surface area (Å²) in [4.78, 5) is 4.31. The minimum Gasteiger partial charge on any atom is -0.398 e. The number of anilines is 2. The molecule has 0 amide bonds. The molecule has 5 nitrogen and oxygen atoms in total. The number of nitrogens with zero attached hydrogens (tertiary/aromatic N) is 3. The second kappa shape index (κ2) is 4.85. The molecule has 1 aromatic carbocycles. The molecule has 20 heavy (non-hydrogen) atoms. The van der Waals surface area contributed by atoms with Crippen molar-refractivity contribution >= 4 is 22.1 Å². The zero-order valence-corrected chi connectivity index (χ0v) is 11.6. The number of pyridine rings is 1. The number of hydrogen-bond donors (Lipinski definition) is 2. The molecule has 0 fully saturated rings. The normalized spacial score (nSPS) is 10.9. The highest BCUT2D eigenvalue weighted by Crippen LogP contribution is 2.28. The Hall–Kier alpha value is -2.56. The molecule has 0 saturated carbocycles. The fourth-order valence-electron chi connectivity index (χ4n) is 2.28. The minimum atomic E-state index is 0.730. The first kappa shape index (κ1) is 12.5. The number of benzene rings is 1. The van der Waals surface area contributed by atoms with Gasteiger partial charge in [-0.25, -0.2) is 0 Å². The number of rotatable bonds is 3. The summed E-state index contributed by atoms with van der Waals surface area (Å²) in [6.07, 6.45) is 5.69. The molecule has 5 heteroatoms. The van der Waals surface area contributed by atoms with Gasteiger partial charge in [0.15, 0.2) is 0 Å². The van der Waals surface area contributed by atoms with Gasteiger partial charge in [-0.05, 0) is 25.1 Å². The van der Waals surface area contributed by atoms with Crippen molar-refractivity contribution in [3.63, 3.8) is 0 Å². The topological polar surface area (TPSA) is 68.8 Å². The van der Waals surface area contributed by atoms with Crippen molar-refractivity contribution < 1.29 is 0 Å². The van der Waals surface area contributed by atoms with Gasteiger partial charge >= 0.3 is 0 Å². The lowest BCUT2D eigenvalue weighted by Crippen LogP contribution is -2.00. The van der Waals surface area contributed by atoms with Gasteiger partial charge in [-0.15, -0.1) is 0 Å². The Morgan fingerprint density at radius 3 is 2.85 bits per heavy atom. The van der Waals surface area contributed by atoms with Gasteiger partial charge in [0, 0.05) is 59.4 Å². The fourth-order valence-corrected chi connectivity index (χ4v) is 2.28. The highest BCUT2D eigenvalue weighted by Gasteiger charge is 2.05. The molecular weight excluding hydrogens is 250 g/mol. The Kier molecular flexibility index (Phi) is 3.02. The summed E-state index contributed by atoms with van der Waals surface area (Å²) < 4.78 is 1.80. The predicted molar refractivity (Wildman–Crippen MR) is 81.4 cm³/mol. The van der Waals surface area contributed by atoms with Gasteiger partial charge in [-0.3, -0.25) is 9.67 Å². The van der Waals surface area contributed by atoms with E-state index >= 15 is 0 Å². The van der Waals surface area contributed by atoms with E-state index < -0.39 is 0 Å². The van der Waals surface area contributed by atoms with Gasteiger partial charge in [0.25, 0.3) is 0 Å². The maximum atomic E-state index is 6.00. The second-order valence-electron chi connectivity index (χ2n) is 4.95. The summed E-state index contributed by atoms with van der Waals surface area (Å²) in [5.41, 5.74) is 9.93.